The van der Waals surface area contributed by atoms with Crippen molar-refractivity contribution in [2.75, 3.05) is 11.4 Å². The maximum Gasteiger partial charge on any atom is 0.297 e. The van der Waals surface area contributed by atoms with Crippen molar-refractivity contribution in [1.82, 2.24) is 5.16 Å². The lowest BCUT2D eigenvalue weighted by atomic mass is 10.2. The van der Waals surface area contributed by atoms with Crippen LogP contribution in [0.1, 0.15) is 21.7 Å². The van der Waals surface area contributed by atoms with Crippen molar-refractivity contribution < 1.29 is 9.32 Å². The third-order valence-corrected chi connectivity index (χ3v) is 3.08. The Kier molecular flexibility index (Phi) is 2.21. The molecule has 4 heteroatoms. The second-order valence-electron chi connectivity index (χ2n) is 4.17. The van der Waals surface area contributed by atoms with E-state index in [1.165, 1.54) is 5.56 Å². The minimum absolute atomic E-state index is 0.107. The lowest BCUT2D eigenvalue weighted by molar-refractivity contribution is 0.0953. The Morgan fingerprint density at radius 2 is 2.24 bits per heavy atom. The average molecular weight is 228 g/mol. The van der Waals surface area contributed by atoms with E-state index in [9.17, 15) is 4.79 Å². The van der Waals surface area contributed by atoms with Gasteiger partial charge in [0.25, 0.3) is 5.91 Å². The smallest absolute Gasteiger partial charge is 0.297 e. The molecule has 0 saturated heterocycles. The van der Waals surface area contributed by atoms with Gasteiger partial charge < -0.3 is 9.42 Å². The normalized spacial score (nSPS) is 13.8. The number of amides is 1. The van der Waals surface area contributed by atoms with Crippen LogP contribution in [-0.4, -0.2) is 17.6 Å². The van der Waals surface area contributed by atoms with Gasteiger partial charge in [-0.1, -0.05) is 23.4 Å². The van der Waals surface area contributed by atoms with Gasteiger partial charge in [0.1, 0.15) is 0 Å². The average Bonchev–Trinajstić information content (AvgIpc) is 2.94. The summed E-state index contributed by atoms with van der Waals surface area (Å²) in [5.41, 5.74) is 2.96. The summed E-state index contributed by atoms with van der Waals surface area (Å²) in [5.74, 6) is 0.228. The van der Waals surface area contributed by atoms with Crippen molar-refractivity contribution in [3.63, 3.8) is 0 Å². The van der Waals surface area contributed by atoms with E-state index in [2.05, 4.69) is 11.2 Å². The van der Waals surface area contributed by atoms with Crippen LogP contribution in [0, 0.1) is 6.92 Å². The number of aromatic nitrogens is 1. The van der Waals surface area contributed by atoms with Gasteiger partial charge in [-0.2, -0.15) is 0 Å². The molecule has 17 heavy (non-hydrogen) atoms. The number of hydrogen-bond acceptors (Lipinski definition) is 3. The molecule has 1 aromatic carbocycles. The predicted molar refractivity (Wildman–Crippen MR) is 63.1 cm³/mol. The summed E-state index contributed by atoms with van der Waals surface area (Å²) in [5, 5.41) is 3.65. The number of nitrogens with zero attached hydrogens (tertiary/aromatic N) is 2. The lowest BCUT2D eigenvalue weighted by Gasteiger charge is -2.15. The fourth-order valence-electron chi connectivity index (χ4n) is 2.17. The van der Waals surface area contributed by atoms with Gasteiger partial charge in [0.2, 0.25) is 5.76 Å². The van der Waals surface area contributed by atoms with Crippen LogP contribution in [0.15, 0.2) is 35.0 Å². The highest BCUT2D eigenvalue weighted by molar-refractivity contribution is 6.06. The number of fused-ring (bicyclic) bond motifs is 1. The Bertz CT molecular complexity index is 574. The highest BCUT2D eigenvalue weighted by Crippen LogP contribution is 2.29. The molecule has 0 atom stereocenters. The quantitative estimate of drug-likeness (QED) is 0.751. The van der Waals surface area contributed by atoms with Gasteiger partial charge in [0.05, 0.1) is 6.20 Å². The number of carbonyl (C=O) groups is 1. The first-order valence-electron chi connectivity index (χ1n) is 5.58. The first kappa shape index (κ1) is 10.1. The van der Waals surface area contributed by atoms with Gasteiger partial charge in [-0.15, -0.1) is 0 Å². The van der Waals surface area contributed by atoms with Crippen LogP contribution in [0.4, 0.5) is 5.69 Å². The second kappa shape index (κ2) is 3.73. The SMILES string of the molecule is Cc1cnoc1C(=O)N1CCc2ccccc21. The Morgan fingerprint density at radius 3 is 3.00 bits per heavy atom. The van der Waals surface area contributed by atoms with E-state index in [0.29, 0.717) is 12.3 Å². The van der Waals surface area contributed by atoms with Crippen LogP contribution in [-0.2, 0) is 6.42 Å². The lowest BCUT2D eigenvalue weighted by Crippen LogP contribution is -2.29. The number of para-hydroxylation sites is 1. The van der Waals surface area contributed by atoms with Crippen LogP contribution < -0.4 is 4.90 Å². The summed E-state index contributed by atoms with van der Waals surface area (Å²) >= 11 is 0. The standard InChI is InChI=1S/C13H12N2O2/c1-9-8-14-17-12(9)13(16)15-7-6-10-4-2-3-5-11(10)15/h2-5,8H,6-7H2,1H3. The Morgan fingerprint density at radius 1 is 1.41 bits per heavy atom. The van der Waals surface area contributed by atoms with E-state index in [1.807, 2.05) is 25.1 Å². The third-order valence-electron chi connectivity index (χ3n) is 3.08. The van der Waals surface area contributed by atoms with E-state index in [1.54, 1.807) is 11.1 Å². The summed E-state index contributed by atoms with van der Waals surface area (Å²) in [7, 11) is 0. The molecule has 0 radical (unpaired) electrons. The molecule has 3 rings (SSSR count). The Labute approximate surface area is 98.8 Å². The molecule has 0 aliphatic carbocycles. The van der Waals surface area contributed by atoms with E-state index in [-0.39, 0.29) is 5.91 Å². The molecule has 0 spiro atoms. The monoisotopic (exact) mass is 228 g/mol. The molecule has 0 fully saturated rings. The number of benzene rings is 1. The zero-order chi connectivity index (χ0) is 11.8. The molecule has 86 valence electrons. The molecule has 0 unspecified atom stereocenters. The Balaban J connectivity index is 1.98. The highest BCUT2D eigenvalue weighted by Gasteiger charge is 2.28. The zero-order valence-corrected chi connectivity index (χ0v) is 9.51. The van der Waals surface area contributed by atoms with Gasteiger partial charge in [0, 0.05) is 17.8 Å². The molecule has 0 N–H and O–H groups in total. The second-order valence-corrected chi connectivity index (χ2v) is 4.17. The van der Waals surface area contributed by atoms with Crippen molar-refractivity contribution >= 4 is 11.6 Å². The van der Waals surface area contributed by atoms with E-state index in [4.69, 9.17) is 4.52 Å². The number of aryl methyl sites for hydroxylation is 1. The maximum atomic E-state index is 12.3. The third kappa shape index (κ3) is 1.53. The molecule has 2 aromatic rings. The molecule has 0 bridgehead atoms. The first-order chi connectivity index (χ1) is 8.27. The van der Waals surface area contributed by atoms with E-state index >= 15 is 0 Å². The summed E-state index contributed by atoms with van der Waals surface area (Å²) in [6.07, 6.45) is 2.46. The van der Waals surface area contributed by atoms with Gasteiger partial charge in [0.15, 0.2) is 0 Å². The van der Waals surface area contributed by atoms with E-state index < -0.39 is 0 Å². The van der Waals surface area contributed by atoms with Crippen LogP contribution >= 0.6 is 0 Å². The minimum atomic E-state index is -0.107. The van der Waals surface area contributed by atoms with Gasteiger partial charge in [-0.05, 0) is 25.0 Å². The van der Waals surface area contributed by atoms with Crippen molar-refractivity contribution in [3.05, 3.63) is 47.3 Å². The summed E-state index contributed by atoms with van der Waals surface area (Å²) in [6, 6.07) is 7.95. The number of hydrogen-bond donors (Lipinski definition) is 0. The maximum absolute atomic E-state index is 12.3. The Hall–Kier alpha value is -2.10. The fraction of sp³-hybridized carbons (Fsp3) is 0.231. The molecule has 0 saturated carbocycles. The largest absolute Gasteiger partial charge is 0.351 e. The molecule has 1 aliphatic heterocycles. The fourth-order valence-corrected chi connectivity index (χ4v) is 2.17. The van der Waals surface area contributed by atoms with Crippen molar-refractivity contribution in [3.8, 4) is 0 Å². The van der Waals surface area contributed by atoms with Crippen LogP contribution in [0.5, 0.6) is 0 Å². The van der Waals surface area contributed by atoms with Crippen molar-refractivity contribution in [2.45, 2.75) is 13.3 Å². The highest BCUT2D eigenvalue weighted by atomic mass is 16.5. The molecule has 4 nitrogen and oxygen atoms in total. The van der Waals surface area contributed by atoms with Crippen molar-refractivity contribution in [1.29, 1.82) is 0 Å². The zero-order valence-electron chi connectivity index (χ0n) is 9.51. The molecule has 1 aromatic heterocycles. The number of carbonyl (C=O) groups excluding carboxylic acids is 1. The van der Waals surface area contributed by atoms with Crippen LogP contribution in [0.25, 0.3) is 0 Å². The minimum Gasteiger partial charge on any atom is -0.351 e. The summed E-state index contributed by atoms with van der Waals surface area (Å²) < 4.78 is 5.01. The van der Waals surface area contributed by atoms with Gasteiger partial charge in [-0.3, -0.25) is 4.79 Å². The van der Waals surface area contributed by atoms with Gasteiger partial charge >= 0.3 is 0 Å². The molecule has 1 aliphatic rings. The van der Waals surface area contributed by atoms with Crippen LogP contribution in [0.3, 0.4) is 0 Å². The number of anilines is 1. The number of rotatable bonds is 1. The summed E-state index contributed by atoms with van der Waals surface area (Å²) in [6.45, 7) is 2.53. The molecular weight excluding hydrogens is 216 g/mol. The predicted octanol–water partition coefficient (Wildman–Crippen LogP) is 2.19. The molecular formula is C13H12N2O2. The van der Waals surface area contributed by atoms with Crippen LogP contribution in [0.2, 0.25) is 0 Å². The topological polar surface area (TPSA) is 46.3 Å². The van der Waals surface area contributed by atoms with E-state index in [0.717, 1.165) is 17.7 Å². The van der Waals surface area contributed by atoms with Gasteiger partial charge in [-0.25, -0.2) is 0 Å². The molecule has 1 amide bonds. The summed E-state index contributed by atoms with van der Waals surface area (Å²) in [4.78, 5) is 14.0. The first-order valence-corrected chi connectivity index (χ1v) is 5.58. The van der Waals surface area contributed by atoms with Crippen molar-refractivity contribution in [2.24, 2.45) is 0 Å². The molecule has 2 heterocycles.